The minimum atomic E-state index is -0.744. The first kappa shape index (κ1) is 11.7. The summed E-state index contributed by atoms with van der Waals surface area (Å²) in [4.78, 5) is 0. The van der Waals surface area contributed by atoms with E-state index in [-0.39, 0.29) is 0 Å². The highest BCUT2D eigenvalue weighted by molar-refractivity contribution is 5.09. The molecule has 2 atom stereocenters. The summed E-state index contributed by atoms with van der Waals surface area (Å²) in [7, 11) is 0. The predicted octanol–water partition coefficient (Wildman–Crippen LogP) is 3.20. The molecule has 0 fully saturated rings. The fraction of sp³-hybridized carbons (Fsp3) is 0.833. The highest BCUT2D eigenvalue weighted by Gasteiger charge is 2.16. The molecule has 2 unspecified atom stereocenters. The van der Waals surface area contributed by atoms with E-state index < -0.39 is 6.17 Å². The highest BCUT2D eigenvalue weighted by Crippen LogP contribution is 2.25. The predicted molar refractivity (Wildman–Crippen MR) is 58.9 cm³/mol. The molecule has 0 saturated heterocycles. The molecule has 0 amide bonds. The molecule has 0 heterocycles. The van der Waals surface area contributed by atoms with E-state index in [4.69, 9.17) is 5.73 Å². The fourth-order valence-electron chi connectivity index (χ4n) is 1.93. The molecular weight excluding hydrogens is 177 g/mol. The minimum Gasteiger partial charge on any atom is -0.330 e. The zero-order chi connectivity index (χ0) is 10.4. The minimum absolute atomic E-state index is 0.300. The maximum absolute atomic E-state index is 13.8. The molecule has 0 saturated carbocycles. The van der Waals surface area contributed by atoms with Gasteiger partial charge in [0.15, 0.2) is 0 Å². The third-order valence-corrected chi connectivity index (χ3v) is 2.99. The monoisotopic (exact) mass is 199 g/mol. The van der Waals surface area contributed by atoms with Crippen LogP contribution in [0.4, 0.5) is 4.39 Å². The van der Waals surface area contributed by atoms with E-state index >= 15 is 0 Å². The second kappa shape index (κ2) is 6.18. The molecule has 0 radical (unpaired) electrons. The lowest BCUT2D eigenvalue weighted by Crippen LogP contribution is -2.17. The van der Waals surface area contributed by atoms with E-state index in [0.717, 1.165) is 24.8 Å². The lowest BCUT2D eigenvalue weighted by atomic mass is 9.96. The lowest BCUT2D eigenvalue weighted by Gasteiger charge is -2.15. The first-order chi connectivity index (χ1) is 6.74. The molecule has 0 aromatic heterocycles. The van der Waals surface area contributed by atoms with Gasteiger partial charge in [-0.3, -0.25) is 0 Å². The summed E-state index contributed by atoms with van der Waals surface area (Å²) in [5.74, 6) is 0.300. The van der Waals surface area contributed by atoms with Gasteiger partial charge in [-0.05, 0) is 50.1 Å². The van der Waals surface area contributed by atoms with Gasteiger partial charge in [0.1, 0.15) is 6.17 Å². The van der Waals surface area contributed by atoms with Gasteiger partial charge < -0.3 is 5.73 Å². The van der Waals surface area contributed by atoms with Crippen LogP contribution < -0.4 is 5.73 Å². The molecule has 14 heavy (non-hydrogen) atoms. The van der Waals surface area contributed by atoms with Gasteiger partial charge in [-0.15, -0.1) is 0 Å². The summed E-state index contributed by atoms with van der Waals surface area (Å²) < 4.78 is 13.8. The number of alkyl halides is 1. The Morgan fingerprint density at radius 1 is 1.43 bits per heavy atom. The third-order valence-electron chi connectivity index (χ3n) is 2.99. The number of hydrogen-bond acceptors (Lipinski definition) is 1. The lowest BCUT2D eigenvalue weighted by molar-refractivity contribution is 0.310. The first-order valence-electron chi connectivity index (χ1n) is 5.77. The van der Waals surface area contributed by atoms with Crippen LogP contribution in [0.1, 0.15) is 45.4 Å². The van der Waals surface area contributed by atoms with Gasteiger partial charge in [-0.25, -0.2) is 4.39 Å². The van der Waals surface area contributed by atoms with Crippen molar-refractivity contribution in [1.82, 2.24) is 0 Å². The summed E-state index contributed by atoms with van der Waals surface area (Å²) in [6.45, 7) is 2.61. The summed E-state index contributed by atoms with van der Waals surface area (Å²) in [6.07, 6.45) is 7.62. The van der Waals surface area contributed by atoms with Gasteiger partial charge in [0, 0.05) is 0 Å². The quantitative estimate of drug-likeness (QED) is 0.691. The fourth-order valence-corrected chi connectivity index (χ4v) is 1.93. The van der Waals surface area contributed by atoms with E-state index in [2.05, 4.69) is 6.08 Å². The average Bonchev–Trinajstić information content (AvgIpc) is 2.45. The number of halogens is 1. The maximum atomic E-state index is 13.8. The normalized spacial score (nSPS) is 22.4. The standard InChI is InChI=1S/C12H22FN/c1-10(9-14)8-12(13)11-6-4-2-3-5-7-11/h6,10,12H,2-5,7-9,14H2,1H3. The third kappa shape index (κ3) is 3.79. The van der Waals surface area contributed by atoms with Gasteiger partial charge in [0.25, 0.3) is 0 Å². The smallest absolute Gasteiger partial charge is 0.121 e. The Hall–Kier alpha value is -0.370. The Morgan fingerprint density at radius 2 is 2.21 bits per heavy atom. The maximum Gasteiger partial charge on any atom is 0.121 e. The molecule has 1 aliphatic carbocycles. The Kier molecular flexibility index (Phi) is 5.16. The van der Waals surface area contributed by atoms with Gasteiger partial charge in [-0.1, -0.05) is 19.4 Å². The van der Waals surface area contributed by atoms with Crippen LogP contribution in [0.5, 0.6) is 0 Å². The second-order valence-corrected chi connectivity index (χ2v) is 4.42. The average molecular weight is 199 g/mol. The van der Waals surface area contributed by atoms with Crippen LogP contribution in [0.2, 0.25) is 0 Å². The van der Waals surface area contributed by atoms with Gasteiger partial charge in [0.05, 0.1) is 0 Å². The van der Waals surface area contributed by atoms with Gasteiger partial charge in [-0.2, -0.15) is 0 Å². The Labute approximate surface area is 86.6 Å². The van der Waals surface area contributed by atoms with Gasteiger partial charge >= 0.3 is 0 Å². The molecule has 0 aliphatic heterocycles. The van der Waals surface area contributed by atoms with Crippen LogP contribution in [0.25, 0.3) is 0 Å². The van der Waals surface area contributed by atoms with Gasteiger partial charge in [0.2, 0.25) is 0 Å². The molecule has 2 N–H and O–H groups in total. The van der Waals surface area contributed by atoms with Crippen molar-refractivity contribution in [3.63, 3.8) is 0 Å². The van der Waals surface area contributed by atoms with Crippen molar-refractivity contribution < 1.29 is 4.39 Å². The van der Waals surface area contributed by atoms with Crippen LogP contribution in [0, 0.1) is 5.92 Å². The first-order valence-corrected chi connectivity index (χ1v) is 5.77. The number of allylic oxidation sites excluding steroid dienone is 2. The van der Waals surface area contributed by atoms with Crippen molar-refractivity contribution in [3.05, 3.63) is 11.6 Å². The van der Waals surface area contributed by atoms with E-state index in [9.17, 15) is 4.39 Å². The Balaban J connectivity index is 2.41. The largest absolute Gasteiger partial charge is 0.330 e. The zero-order valence-corrected chi connectivity index (χ0v) is 9.14. The number of nitrogens with two attached hydrogens (primary N) is 1. The molecule has 0 bridgehead atoms. The van der Waals surface area contributed by atoms with E-state index in [1.165, 1.54) is 12.8 Å². The molecule has 1 aliphatic rings. The van der Waals surface area contributed by atoms with Crippen molar-refractivity contribution in [2.45, 2.75) is 51.6 Å². The Bertz CT molecular complexity index is 189. The van der Waals surface area contributed by atoms with Crippen LogP contribution in [-0.2, 0) is 0 Å². The van der Waals surface area contributed by atoms with Crippen molar-refractivity contribution in [1.29, 1.82) is 0 Å². The molecule has 0 spiro atoms. The van der Waals surface area contributed by atoms with E-state index in [1.807, 2.05) is 6.92 Å². The second-order valence-electron chi connectivity index (χ2n) is 4.42. The molecule has 0 aromatic rings. The SMILES string of the molecule is CC(CN)CC(F)C1=CCCCCC1. The molecule has 82 valence electrons. The van der Waals surface area contributed by atoms with Crippen LogP contribution in [0.15, 0.2) is 11.6 Å². The molecule has 1 nitrogen and oxygen atoms in total. The van der Waals surface area contributed by atoms with Crippen LogP contribution in [-0.4, -0.2) is 12.7 Å². The van der Waals surface area contributed by atoms with Crippen LogP contribution >= 0.6 is 0 Å². The Morgan fingerprint density at radius 3 is 2.93 bits per heavy atom. The molecule has 0 aromatic carbocycles. The summed E-state index contributed by atoms with van der Waals surface area (Å²) >= 11 is 0. The van der Waals surface area contributed by atoms with Crippen molar-refractivity contribution >= 4 is 0 Å². The molecular formula is C12H22FN. The van der Waals surface area contributed by atoms with Crippen molar-refractivity contribution in [2.24, 2.45) is 11.7 Å². The van der Waals surface area contributed by atoms with E-state index in [1.54, 1.807) is 0 Å². The molecule has 2 heteroatoms. The number of hydrogen-bond donors (Lipinski definition) is 1. The van der Waals surface area contributed by atoms with Crippen molar-refractivity contribution in [2.75, 3.05) is 6.54 Å². The van der Waals surface area contributed by atoms with E-state index in [0.29, 0.717) is 18.9 Å². The summed E-state index contributed by atoms with van der Waals surface area (Å²) in [6, 6.07) is 0. The summed E-state index contributed by atoms with van der Waals surface area (Å²) in [5.41, 5.74) is 6.52. The highest BCUT2D eigenvalue weighted by atomic mass is 19.1. The van der Waals surface area contributed by atoms with Crippen molar-refractivity contribution in [3.8, 4) is 0 Å². The number of rotatable bonds is 4. The molecule has 1 rings (SSSR count). The van der Waals surface area contributed by atoms with Crippen LogP contribution in [0.3, 0.4) is 0 Å². The topological polar surface area (TPSA) is 26.0 Å². The summed E-state index contributed by atoms with van der Waals surface area (Å²) in [5, 5.41) is 0. The zero-order valence-electron chi connectivity index (χ0n) is 9.14.